The highest BCUT2D eigenvalue weighted by Crippen LogP contribution is 2.17. The Morgan fingerprint density at radius 1 is 1.15 bits per heavy atom. The normalized spacial score (nSPS) is 20.1. The van der Waals surface area contributed by atoms with Gasteiger partial charge in [-0.2, -0.15) is 0 Å². The molecule has 0 aromatic heterocycles. The van der Waals surface area contributed by atoms with Crippen molar-refractivity contribution in [1.82, 2.24) is 20.9 Å². The molecule has 0 spiro atoms. The molecule has 8 heteroatoms. The fourth-order valence-corrected chi connectivity index (χ4v) is 3.39. The summed E-state index contributed by atoms with van der Waals surface area (Å²) in [5, 5.41) is 8.60. The summed E-state index contributed by atoms with van der Waals surface area (Å²) in [6, 6.07) is 7.25. The zero-order valence-corrected chi connectivity index (χ0v) is 16.1. The molecule has 3 rings (SSSR count). The minimum atomic E-state index is -0.299. The fraction of sp³-hybridized carbons (Fsp3) is 0.526. The molecular weight excluding hydrogens is 368 g/mol. The molecular formula is C19H27ClN4O3. The van der Waals surface area contributed by atoms with Crippen LogP contribution in [0.4, 0.5) is 0 Å². The monoisotopic (exact) mass is 394 g/mol. The van der Waals surface area contributed by atoms with Gasteiger partial charge in [-0.05, 0) is 37.1 Å². The van der Waals surface area contributed by atoms with Crippen LogP contribution in [-0.2, 0) is 16.0 Å². The van der Waals surface area contributed by atoms with E-state index in [0.29, 0.717) is 18.5 Å². The zero-order valence-electron chi connectivity index (χ0n) is 15.3. The van der Waals surface area contributed by atoms with Gasteiger partial charge in [-0.25, -0.2) is 0 Å². The van der Waals surface area contributed by atoms with E-state index in [0.717, 1.165) is 44.7 Å². The van der Waals surface area contributed by atoms with Crippen LogP contribution in [-0.4, -0.2) is 61.9 Å². The number of nitrogens with one attached hydrogen (secondary N) is 3. The molecule has 1 atom stereocenters. The third-order valence-corrected chi connectivity index (χ3v) is 4.91. The molecule has 148 valence electrons. The summed E-state index contributed by atoms with van der Waals surface area (Å²) in [5.74, 6) is -0.795. The molecule has 2 saturated heterocycles. The average Bonchev–Trinajstić information content (AvgIpc) is 2.97. The highest BCUT2D eigenvalue weighted by Gasteiger charge is 2.30. The lowest BCUT2D eigenvalue weighted by molar-refractivity contribution is -0.125. The minimum absolute atomic E-state index is 0. The van der Waals surface area contributed by atoms with Gasteiger partial charge in [0.05, 0.1) is 5.92 Å². The predicted octanol–water partition coefficient (Wildman–Crippen LogP) is 0.339. The number of nitrogens with zero attached hydrogens (tertiary/aromatic N) is 1. The standard InChI is InChI=1S/C19H26N4O3.ClH/c24-17-13-16(19(26)22-17)12-14-2-4-15(5-3-14)18(25)21-6-1-9-23-10-7-20-8-11-23;/h2-5,16,20H,1,6-13H2,(H,21,25)(H,22,24,26);1H. The van der Waals surface area contributed by atoms with Gasteiger partial charge >= 0.3 is 0 Å². The minimum Gasteiger partial charge on any atom is -0.352 e. The van der Waals surface area contributed by atoms with Crippen molar-refractivity contribution in [1.29, 1.82) is 0 Å². The van der Waals surface area contributed by atoms with E-state index in [-0.39, 0.29) is 42.5 Å². The second-order valence-electron chi connectivity index (χ2n) is 6.92. The van der Waals surface area contributed by atoms with E-state index >= 15 is 0 Å². The molecule has 2 heterocycles. The first-order valence-electron chi connectivity index (χ1n) is 9.26. The third-order valence-electron chi connectivity index (χ3n) is 4.91. The Bertz CT molecular complexity index is 659. The van der Waals surface area contributed by atoms with Crippen molar-refractivity contribution in [2.24, 2.45) is 5.92 Å². The van der Waals surface area contributed by atoms with Crippen molar-refractivity contribution in [2.45, 2.75) is 19.3 Å². The first-order valence-corrected chi connectivity index (χ1v) is 9.26. The summed E-state index contributed by atoms with van der Waals surface area (Å²) in [5.41, 5.74) is 1.57. The topological polar surface area (TPSA) is 90.5 Å². The van der Waals surface area contributed by atoms with Gasteiger partial charge in [0.2, 0.25) is 11.8 Å². The Hall–Kier alpha value is -1.96. The van der Waals surface area contributed by atoms with E-state index in [1.165, 1.54) is 0 Å². The maximum Gasteiger partial charge on any atom is 0.251 e. The smallest absolute Gasteiger partial charge is 0.251 e. The van der Waals surface area contributed by atoms with Crippen molar-refractivity contribution in [3.8, 4) is 0 Å². The van der Waals surface area contributed by atoms with Crippen LogP contribution in [0.1, 0.15) is 28.8 Å². The molecule has 27 heavy (non-hydrogen) atoms. The van der Waals surface area contributed by atoms with Crippen LogP contribution in [0.2, 0.25) is 0 Å². The molecule has 0 aliphatic carbocycles. The number of amides is 3. The third kappa shape index (κ3) is 6.30. The van der Waals surface area contributed by atoms with Gasteiger partial charge in [-0.15, -0.1) is 12.4 Å². The lowest BCUT2D eigenvalue weighted by Gasteiger charge is -2.27. The summed E-state index contributed by atoms with van der Waals surface area (Å²) >= 11 is 0. The summed E-state index contributed by atoms with van der Waals surface area (Å²) < 4.78 is 0. The fourth-order valence-electron chi connectivity index (χ4n) is 3.39. The molecule has 1 unspecified atom stereocenters. The number of rotatable bonds is 7. The van der Waals surface area contributed by atoms with Crippen LogP contribution in [0.3, 0.4) is 0 Å². The molecule has 3 N–H and O–H groups in total. The van der Waals surface area contributed by atoms with Crippen molar-refractivity contribution >= 4 is 30.1 Å². The highest BCUT2D eigenvalue weighted by atomic mass is 35.5. The van der Waals surface area contributed by atoms with E-state index in [2.05, 4.69) is 20.9 Å². The molecule has 2 fully saturated rings. The Kier molecular flexibility index (Phi) is 8.22. The molecule has 1 aromatic carbocycles. The molecule has 1 aromatic rings. The number of hydrogen-bond acceptors (Lipinski definition) is 5. The number of hydrogen-bond donors (Lipinski definition) is 3. The summed E-state index contributed by atoms with van der Waals surface area (Å²) in [6.45, 7) is 5.88. The van der Waals surface area contributed by atoms with E-state index in [1.54, 1.807) is 12.1 Å². The lowest BCUT2D eigenvalue weighted by Crippen LogP contribution is -2.44. The maximum absolute atomic E-state index is 12.2. The van der Waals surface area contributed by atoms with Crippen molar-refractivity contribution < 1.29 is 14.4 Å². The first kappa shape index (κ1) is 21.3. The summed E-state index contributed by atoms with van der Waals surface area (Å²) in [7, 11) is 0. The predicted molar refractivity (Wildman–Crippen MR) is 105 cm³/mol. The Morgan fingerprint density at radius 3 is 2.48 bits per heavy atom. The van der Waals surface area contributed by atoms with Gasteiger partial charge in [0, 0.05) is 44.7 Å². The zero-order chi connectivity index (χ0) is 18.4. The number of benzene rings is 1. The van der Waals surface area contributed by atoms with E-state index < -0.39 is 0 Å². The summed E-state index contributed by atoms with van der Waals surface area (Å²) in [6.07, 6.45) is 1.70. The first-order chi connectivity index (χ1) is 12.6. The molecule has 3 amide bonds. The molecule has 7 nitrogen and oxygen atoms in total. The number of carbonyl (C=O) groups is 3. The number of piperazine rings is 1. The van der Waals surface area contributed by atoms with Crippen LogP contribution in [0.15, 0.2) is 24.3 Å². The van der Waals surface area contributed by atoms with Crippen LogP contribution >= 0.6 is 12.4 Å². The van der Waals surface area contributed by atoms with Gasteiger partial charge in [0.15, 0.2) is 0 Å². The van der Waals surface area contributed by atoms with Crippen LogP contribution in [0.25, 0.3) is 0 Å². The van der Waals surface area contributed by atoms with E-state index in [1.807, 2.05) is 12.1 Å². The molecule has 2 aliphatic heterocycles. The second-order valence-corrected chi connectivity index (χ2v) is 6.92. The van der Waals surface area contributed by atoms with Crippen LogP contribution < -0.4 is 16.0 Å². The van der Waals surface area contributed by atoms with E-state index in [9.17, 15) is 14.4 Å². The van der Waals surface area contributed by atoms with Crippen LogP contribution in [0, 0.1) is 5.92 Å². The molecule has 0 radical (unpaired) electrons. The maximum atomic E-state index is 12.2. The number of halogens is 1. The molecule has 0 bridgehead atoms. The lowest BCUT2D eigenvalue weighted by atomic mass is 9.97. The van der Waals surface area contributed by atoms with Gasteiger partial charge in [-0.1, -0.05) is 12.1 Å². The number of carbonyl (C=O) groups excluding carboxylic acids is 3. The second kappa shape index (κ2) is 10.4. The number of imide groups is 1. The van der Waals surface area contributed by atoms with Crippen molar-refractivity contribution in [2.75, 3.05) is 39.3 Å². The summed E-state index contributed by atoms with van der Waals surface area (Å²) in [4.78, 5) is 37.5. The Morgan fingerprint density at radius 2 is 1.85 bits per heavy atom. The Balaban J connectivity index is 0.00000261. The highest BCUT2D eigenvalue weighted by molar-refractivity contribution is 6.03. The molecule has 2 aliphatic rings. The van der Waals surface area contributed by atoms with Crippen molar-refractivity contribution in [3.63, 3.8) is 0 Å². The van der Waals surface area contributed by atoms with Gasteiger partial charge in [0.1, 0.15) is 0 Å². The van der Waals surface area contributed by atoms with E-state index in [4.69, 9.17) is 0 Å². The average molecular weight is 395 g/mol. The molecule has 0 saturated carbocycles. The quantitative estimate of drug-likeness (QED) is 0.458. The SMILES string of the molecule is Cl.O=C1CC(Cc2ccc(C(=O)NCCCN3CCNCC3)cc2)C(=O)N1. The van der Waals surface area contributed by atoms with Gasteiger partial charge < -0.3 is 15.5 Å². The Labute approximate surface area is 165 Å². The van der Waals surface area contributed by atoms with Crippen molar-refractivity contribution in [3.05, 3.63) is 35.4 Å². The largest absolute Gasteiger partial charge is 0.352 e. The van der Waals surface area contributed by atoms with Gasteiger partial charge in [0.25, 0.3) is 5.91 Å². The van der Waals surface area contributed by atoms with Crippen LogP contribution in [0.5, 0.6) is 0 Å². The van der Waals surface area contributed by atoms with Gasteiger partial charge in [-0.3, -0.25) is 19.7 Å².